The fourth-order valence-corrected chi connectivity index (χ4v) is 4.01. The topological polar surface area (TPSA) is 78.5 Å². The number of sulfonamides is 1. The van der Waals surface area contributed by atoms with Gasteiger partial charge in [0.15, 0.2) is 0 Å². The Balaban J connectivity index is 2.45. The maximum atomic E-state index is 12.1. The second-order valence-electron chi connectivity index (χ2n) is 5.60. The maximum Gasteiger partial charge on any atom is 0.240 e. The van der Waals surface area contributed by atoms with Crippen LogP contribution in [0.25, 0.3) is 0 Å². The van der Waals surface area contributed by atoms with Crippen LogP contribution in [0.15, 0.2) is 0 Å². The van der Waals surface area contributed by atoms with Gasteiger partial charge in [-0.05, 0) is 46.6 Å². The highest BCUT2D eigenvalue weighted by atomic mass is 32.2. The zero-order valence-corrected chi connectivity index (χ0v) is 14.2. The summed E-state index contributed by atoms with van der Waals surface area (Å²) in [7, 11) is -3.41. The van der Waals surface area contributed by atoms with Crippen LogP contribution in [0, 0.1) is 0 Å². The predicted molar refractivity (Wildman–Crippen MR) is 84.6 cm³/mol. The lowest BCUT2D eigenvalue weighted by atomic mass is 10.0. The fourth-order valence-electron chi connectivity index (χ4n) is 2.66. The van der Waals surface area contributed by atoms with E-state index >= 15 is 0 Å². The molecule has 124 valence electrons. The van der Waals surface area contributed by atoms with Crippen molar-refractivity contribution in [2.24, 2.45) is 0 Å². The third kappa shape index (κ3) is 6.32. The molecule has 0 saturated carbocycles. The van der Waals surface area contributed by atoms with Gasteiger partial charge in [0, 0.05) is 19.1 Å². The number of nitrogens with zero attached hydrogens (tertiary/aromatic N) is 1. The molecular weight excluding hydrogens is 290 g/mol. The van der Waals surface area contributed by atoms with Gasteiger partial charge >= 0.3 is 0 Å². The summed E-state index contributed by atoms with van der Waals surface area (Å²) in [6.45, 7) is 7.53. The SMILES string of the molecule is CCN(CC)C(=O)C(C)NS(=O)(=O)CCC1CCCCN1. The van der Waals surface area contributed by atoms with Gasteiger partial charge in [-0.3, -0.25) is 4.79 Å². The molecule has 1 amide bonds. The van der Waals surface area contributed by atoms with Crippen molar-refractivity contribution in [3.8, 4) is 0 Å². The molecule has 0 aromatic rings. The number of carbonyl (C=O) groups is 1. The second kappa shape index (κ2) is 8.70. The van der Waals surface area contributed by atoms with Crippen LogP contribution >= 0.6 is 0 Å². The smallest absolute Gasteiger partial charge is 0.240 e. The minimum Gasteiger partial charge on any atom is -0.342 e. The van der Waals surface area contributed by atoms with Gasteiger partial charge in [-0.25, -0.2) is 13.1 Å². The molecule has 0 radical (unpaired) electrons. The number of piperidine rings is 1. The van der Waals surface area contributed by atoms with Crippen molar-refractivity contribution < 1.29 is 13.2 Å². The standard InChI is InChI=1S/C14H29N3O3S/c1-4-17(5-2)14(18)12(3)16-21(19,20)11-9-13-8-6-7-10-15-13/h12-13,15-16H,4-11H2,1-3H3. The lowest BCUT2D eigenvalue weighted by Gasteiger charge is -2.25. The molecule has 2 unspecified atom stereocenters. The van der Waals surface area contributed by atoms with Crippen molar-refractivity contribution in [2.45, 2.75) is 58.5 Å². The van der Waals surface area contributed by atoms with Gasteiger partial charge in [-0.2, -0.15) is 0 Å². The van der Waals surface area contributed by atoms with Crippen molar-refractivity contribution in [2.75, 3.05) is 25.4 Å². The number of nitrogens with one attached hydrogen (secondary N) is 2. The van der Waals surface area contributed by atoms with Gasteiger partial charge in [-0.15, -0.1) is 0 Å². The summed E-state index contributed by atoms with van der Waals surface area (Å²) >= 11 is 0. The molecule has 1 aliphatic rings. The van der Waals surface area contributed by atoms with Gasteiger partial charge in [0.05, 0.1) is 11.8 Å². The molecule has 7 heteroatoms. The van der Waals surface area contributed by atoms with Gasteiger partial charge in [0.25, 0.3) is 0 Å². The number of carbonyl (C=O) groups excluding carboxylic acids is 1. The first kappa shape index (κ1) is 18.4. The van der Waals surface area contributed by atoms with Gasteiger partial charge in [-0.1, -0.05) is 6.42 Å². The zero-order chi connectivity index (χ0) is 15.9. The van der Waals surface area contributed by atoms with E-state index in [0.717, 1.165) is 25.8 Å². The molecule has 6 nitrogen and oxygen atoms in total. The van der Waals surface area contributed by atoms with Crippen LogP contribution in [0.4, 0.5) is 0 Å². The summed E-state index contributed by atoms with van der Waals surface area (Å²) < 4.78 is 26.7. The van der Waals surface area contributed by atoms with E-state index < -0.39 is 16.1 Å². The third-order valence-corrected chi connectivity index (χ3v) is 5.44. The summed E-state index contributed by atoms with van der Waals surface area (Å²) in [5, 5.41) is 3.34. The Labute approximate surface area is 128 Å². The second-order valence-corrected chi connectivity index (χ2v) is 7.48. The summed E-state index contributed by atoms with van der Waals surface area (Å²) in [6.07, 6.45) is 3.95. The Bertz CT molecular complexity index is 415. The number of likely N-dealkylation sites (N-methyl/N-ethyl adjacent to an activating group) is 1. The summed E-state index contributed by atoms with van der Waals surface area (Å²) in [5.41, 5.74) is 0. The molecule has 1 rings (SSSR count). The lowest BCUT2D eigenvalue weighted by molar-refractivity contribution is -0.132. The quantitative estimate of drug-likeness (QED) is 0.690. The molecule has 1 saturated heterocycles. The number of rotatable bonds is 8. The zero-order valence-electron chi connectivity index (χ0n) is 13.4. The third-order valence-electron chi connectivity index (χ3n) is 3.95. The number of amides is 1. The molecule has 2 atom stereocenters. The van der Waals surface area contributed by atoms with E-state index in [1.54, 1.807) is 11.8 Å². The van der Waals surface area contributed by atoms with E-state index in [1.165, 1.54) is 0 Å². The van der Waals surface area contributed by atoms with E-state index in [-0.39, 0.29) is 17.7 Å². The first-order chi connectivity index (χ1) is 9.89. The molecular formula is C14H29N3O3S. The van der Waals surface area contributed by atoms with E-state index in [2.05, 4.69) is 10.0 Å². The summed E-state index contributed by atoms with van der Waals surface area (Å²) in [4.78, 5) is 13.7. The Morgan fingerprint density at radius 1 is 1.33 bits per heavy atom. The van der Waals surface area contributed by atoms with Crippen LogP contribution in [-0.4, -0.2) is 56.7 Å². The van der Waals surface area contributed by atoms with Crippen LogP contribution in [-0.2, 0) is 14.8 Å². The summed E-state index contributed by atoms with van der Waals surface area (Å²) in [6, 6.07) is -0.418. The Kier molecular flexibility index (Phi) is 7.62. The number of hydrogen-bond acceptors (Lipinski definition) is 4. The van der Waals surface area contributed by atoms with Crippen molar-refractivity contribution in [1.82, 2.24) is 14.9 Å². The predicted octanol–water partition coefficient (Wildman–Crippen LogP) is 0.695. The summed E-state index contributed by atoms with van der Waals surface area (Å²) in [5.74, 6) is -0.0973. The molecule has 0 aromatic heterocycles. The molecule has 2 N–H and O–H groups in total. The minimum absolute atomic E-state index is 0.0700. The normalized spacial score (nSPS) is 21.0. The fraction of sp³-hybridized carbons (Fsp3) is 0.929. The Hall–Kier alpha value is -0.660. The van der Waals surface area contributed by atoms with Crippen molar-refractivity contribution in [3.05, 3.63) is 0 Å². The van der Waals surface area contributed by atoms with E-state index in [1.807, 2.05) is 13.8 Å². The van der Waals surface area contributed by atoms with Crippen LogP contribution in [0.2, 0.25) is 0 Å². The van der Waals surface area contributed by atoms with Crippen LogP contribution < -0.4 is 10.0 Å². The molecule has 0 bridgehead atoms. The average molecular weight is 319 g/mol. The van der Waals surface area contributed by atoms with Crippen LogP contribution in [0.1, 0.15) is 46.5 Å². The first-order valence-corrected chi connectivity index (χ1v) is 9.57. The molecule has 0 aromatic carbocycles. The van der Waals surface area contributed by atoms with E-state index in [9.17, 15) is 13.2 Å². The van der Waals surface area contributed by atoms with E-state index in [0.29, 0.717) is 19.5 Å². The van der Waals surface area contributed by atoms with Crippen molar-refractivity contribution in [1.29, 1.82) is 0 Å². The average Bonchev–Trinajstić information content (AvgIpc) is 2.47. The van der Waals surface area contributed by atoms with E-state index in [4.69, 9.17) is 0 Å². The largest absolute Gasteiger partial charge is 0.342 e. The van der Waals surface area contributed by atoms with Gasteiger partial charge in [0.1, 0.15) is 0 Å². The number of hydrogen-bond donors (Lipinski definition) is 2. The molecule has 1 heterocycles. The van der Waals surface area contributed by atoms with Gasteiger partial charge in [0.2, 0.25) is 15.9 Å². The Morgan fingerprint density at radius 3 is 2.52 bits per heavy atom. The molecule has 1 aliphatic heterocycles. The Morgan fingerprint density at radius 2 is 2.00 bits per heavy atom. The maximum absolute atomic E-state index is 12.1. The lowest BCUT2D eigenvalue weighted by Crippen LogP contribution is -2.47. The molecule has 0 aliphatic carbocycles. The molecule has 21 heavy (non-hydrogen) atoms. The highest BCUT2D eigenvalue weighted by molar-refractivity contribution is 7.89. The highest BCUT2D eigenvalue weighted by Gasteiger charge is 2.24. The van der Waals surface area contributed by atoms with Crippen LogP contribution in [0.3, 0.4) is 0 Å². The van der Waals surface area contributed by atoms with Gasteiger partial charge < -0.3 is 10.2 Å². The molecule has 1 fully saturated rings. The van der Waals surface area contributed by atoms with Crippen LogP contribution in [0.5, 0.6) is 0 Å². The first-order valence-electron chi connectivity index (χ1n) is 7.91. The van der Waals surface area contributed by atoms with Crippen molar-refractivity contribution >= 4 is 15.9 Å². The monoisotopic (exact) mass is 319 g/mol. The highest BCUT2D eigenvalue weighted by Crippen LogP contribution is 2.11. The minimum atomic E-state index is -3.41. The molecule has 0 spiro atoms. The van der Waals surface area contributed by atoms with Crippen molar-refractivity contribution in [3.63, 3.8) is 0 Å².